The maximum atomic E-state index is 12.2. The van der Waals surface area contributed by atoms with E-state index in [4.69, 9.17) is 16.3 Å². The summed E-state index contributed by atoms with van der Waals surface area (Å²) >= 11 is 5.86. The number of nitrogens with zero attached hydrogens (tertiary/aromatic N) is 2. The number of ether oxygens (including phenoxy) is 1. The van der Waals surface area contributed by atoms with Gasteiger partial charge in [0.05, 0.1) is 12.3 Å². The molecule has 0 bridgehead atoms. The van der Waals surface area contributed by atoms with Crippen LogP contribution in [0, 0.1) is 0 Å². The standard InChI is InChI=1S/C19H16ClN5O4/c20-12-3-7-14(8-4-12)25-19(28)23-18(24-25)21-13-5-1-11(2-6-13)16(26)22-15-9-10-29-17(15)27/h1-8,15H,9-10H2,(H,22,26)(H2,21,23,24,28)/t15-/m1/s1. The number of carbonyl (C=O) groups excluding carboxylic acids is 2. The van der Waals surface area contributed by atoms with Gasteiger partial charge in [-0.05, 0) is 48.5 Å². The third-order valence-electron chi connectivity index (χ3n) is 4.34. The molecule has 2 heterocycles. The average molecular weight is 414 g/mol. The molecule has 1 aliphatic heterocycles. The van der Waals surface area contributed by atoms with Gasteiger partial charge >= 0.3 is 11.7 Å². The van der Waals surface area contributed by atoms with Gasteiger partial charge in [-0.15, -0.1) is 5.10 Å². The van der Waals surface area contributed by atoms with Gasteiger partial charge in [0.15, 0.2) is 0 Å². The minimum atomic E-state index is -0.609. The molecule has 1 aromatic heterocycles. The Morgan fingerprint density at radius 1 is 1.14 bits per heavy atom. The smallest absolute Gasteiger partial charge is 0.349 e. The van der Waals surface area contributed by atoms with Crippen molar-refractivity contribution in [3.8, 4) is 5.69 Å². The van der Waals surface area contributed by atoms with Gasteiger partial charge in [0, 0.05) is 22.7 Å². The van der Waals surface area contributed by atoms with Crippen molar-refractivity contribution in [2.45, 2.75) is 12.5 Å². The molecule has 1 aliphatic rings. The van der Waals surface area contributed by atoms with Crippen molar-refractivity contribution in [1.29, 1.82) is 0 Å². The van der Waals surface area contributed by atoms with E-state index in [1.807, 2.05) is 0 Å². The lowest BCUT2D eigenvalue weighted by Crippen LogP contribution is -2.37. The van der Waals surface area contributed by atoms with Crippen LogP contribution in [0.2, 0.25) is 5.02 Å². The Balaban J connectivity index is 1.44. The first kappa shape index (κ1) is 18.8. The van der Waals surface area contributed by atoms with E-state index < -0.39 is 17.7 Å². The number of carbonyl (C=O) groups is 2. The van der Waals surface area contributed by atoms with E-state index in [-0.39, 0.29) is 11.9 Å². The Hall–Kier alpha value is -3.59. The monoisotopic (exact) mass is 413 g/mol. The van der Waals surface area contributed by atoms with Gasteiger partial charge in [-0.25, -0.2) is 9.59 Å². The normalized spacial score (nSPS) is 15.8. The molecule has 0 saturated carbocycles. The van der Waals surface area contributed by atoms with Crippen LogP contribution >= 0.6 is 11.6 Å². The van der Waals surface area contributed by atoms with Gasteiger partial charge in [-0.3, -0.25) is 9.78 Å². The molecule has 1 saturated heterocycles. The third kappa shape index (κ3) is 4.14. The lowest BCUT2D eigenvalue weighted by Gasteiger charge is -2.09. The van der Waals surface area contributed by atoms with Crippen molar-refractivity contribution in [1.82, 2.24) is 20.1 Å². The van der Waals surface area contributed by atoms with Crippen LogP contribution in [0.25, 0.3) is 5.69 Å². The number of cyclic esters (lactones) is 1. The number of amides is 1. The first-order chi connectivity index (χ1) is 14.0. The summed E-state index contributed by atoms with van der Waals surface area (Å²) in [6, 6.07) is 12.6. The molecule has 0 unspecified atom stereocenters. The second-order valence-corrected chi connectivity index (χ2v) is 6.79. The minimum Gasteiger partial charge on any atom is -0.464 e. The molecule has 1 amide bonds. The number of H-pyrrole nitrogens is 1. The summed E-state index contributed by atoms with van der Waals surface area (Å²) in [6.07, 6.45) is 0.466. The molecular formula is C19H16ClN5O4. The molecule has 10 heteroatoms. The molecule has 4 rings (SSSR count). The van der Waals surface area contributed by atoms with Crippen molar-refractivity contribution in [3.63, 3.8) is 0 Å². The Kier molecular flexibility index (Phi) is 5.05. The number of anilines is 2. The summed E-state index contributed by atoms with van der Waals surface area (Å²) in [5, 5.41) is 10.4. The Bertz CT molecular complexity index is 1100. The zero-order chi connectivity index (χ0) is 20.4. The van der Waals surface area contributed by atoms with Crippen LogP contribution in [-0.4, -0.2) is 39.3 Å². The van der Waals surface area contributed by atoms with Gasteiger partial charge < -0.3 is 15.4 Å². The fourth-order valence-electron chi connectivity index (χ4n) is 2.85. The molecule has 1 atom stereocenters. The summed E-state index contributed by atoms with van der Waals surface area (Å²) in [6.45, 7) is 0.313. The van der Waals surface area contributed by atoms with Crippen molar-refractivity contribution < 1.29 is 14.3 Å². The van der Waals surface area contributed by atoms with Gasteiger partial charge in [-0.2, -0.15) is 4.68 Å². The summed E-state index contributed by atoms with van der Waals surface area (Å²) in [5.41, 5.74) is 1.18. The van der Waals surface area contributed by atoms with Crippen molar-refractivity contribution in [2.24, 2.45) is 0 Å². The number of benzene rings is 2. The quantitative estimate of drug-likeness (QED) is 0.550. The number of hydrogen-bond donors (Lipinski definition) is 3. The van der Waals surface area contributed by atoms with Crippen molar-refractivity contribution in [3.05, 3.63) is 69.6 Å². The number of aromatic nitrogens is 3. The van der Waals surface area contributed by atoms with Gasteiger partial charge in [0.1, 0.15) is 6.04 Å². The molecule has 9 nitrogen and oxygen atoms in total. The molecule has 29 heavy (non-hydrogen) atoms. The summed E-state index contributed by atoms with van der Waals surface area (Å²) in [4.78, 5) is 38.4. The molecule has 0 aliphatic carbocycles. The Labute approximate surface area is 169 Å². The molecule has 0 spiro atoms. The average Bonchev–Trinajstić information content (AvgIpc) is 3.28. The zero-order valence-corrected chi connectivity index (χ0v) is 15.8. The molecule has 0 radical (unpaired) electrons. The summed E-state index contributed by atoms with van der Waals surface area (Å²) in [5.74, 6) is -0.534. The number of rotatable bonds is 5. The molecular weight excluding hydrogens is 398 g/mol. The van der Waals surface area contributed by atoms with Crippen LogP contribution in [0.5, 0.6) is 0 Å². The predicted molar refractivity (Wildman–Crippen MR) is 106 cm³/mol. The van der Waals surface area contributed by atoms with E-state index in [0.29, 0.717) is 35.0 Å². The number of halogens is 1. The van der Waals surface area contributed by atoms with E-state index in [1.54, 1.807) is 48.5 Å². The van der Waals surface area contributed by atoms with Crippen LogP contribution < -0.4 is 16.3 Å². The summed E-state index contributed by atoms with van der Waals surface area (Å²) < 4.78 is 6.04. The second-order valence-electron chi connectivity index (χ2n) is 6.35. The van der Waals surface area contributed by atoms with Crippen LogP contribution in [-0.2, 0) is 9.53 Å². The minimum absolute atomic E-state index is 0.246. The Morgan fingerprint density at radius 3 is 2.52 bits per heavy atom. The number of esters is 1. The first-order valence-corrected chi connectivity index (χ1v) is 9.17. The number of hydrogen-bond acceptors (Lipinski definition) is 6. The number of aromatic amines is 1. The second kappa shape index (κ2) is 7.80. The van der Waals surface area contributed by atoms with E-state index in [2.05, 4.69) is 20.7 Å². The topological polar surface area (TPSA) is 118 Å². The first-order valence-electron chi connectivity index (χ1n) is 8.79. The Morgan fingerprint density at radius 2 is 1.86 bits per heavy atom. The highest BCUT2D eigenvalue weighted by molar-refractivity contribution is 6.30. The molecule has 1 fully saturated rings. The van der Waals surface area contributed by atoms with E-state index in [9.17, 15) is 14.4 Å². The SMILES string of the molecule is O=C(N[C@@H]1CCOC1=O)c1ccc(Nc2nn(-c3ccc(Cl)cc3)c(=O)[nH]2)cc1. The molecule has 2 aromatic carbocycles. The van der Waals surface area contributed by atoms with Gasteiger partial charge in [0.2, 0.25) is 5.95 Å². The van der Waals surface area contributed by atoms with E-state index in [1.165, 1.54) is 4.68 Å². The number of nitrogens with one attached hydrogen (secondary N) is 3. The largest absolute Gasteiger partial charge is 0.464 e. The highest BCUT2D eigenvalue weighted by Gasteiger charge is 2.28. The van der Waals surface area contributed by atoms with Crippen LogP contribution in [0.3, 0.4) is 0 Å². The lowest BCUT2D eigenvalue weighted by molar-refractivity contribution is -0.139. The van der Waals surface area contributed by atoms with Crippen molar-refractivity contribution in [2.75, 3.05) is 11.9 Å². The fourth-order valence-corrected chi connectivity index (χ4v) is 2.97. The maximum Gasteiger partial charge on any atom is 0.349 e. The highest BCUT2D eigenvalue weighted by atomic mass is 35.5. The zero-order valence-electron chi connectivity index (χ0n) is 15.0. The molecule has 3 aromatic rings. The fraction of sp³-hybridized carbons (Fsp3) is 0.158. The molecule has 148 valence electrons. The van der Waals surface area contributed by atoms with Crippen LogP contribution in [0.15, 0.2) is 53.3 Å². The van der Waals surface area contributed by atoms with E-state index in [0.717, 1.165) is 0 Å². The third-order valence-corrected chi connectivity index (χ3v) is 4.59. The van der Waals surface area contributed by atoms with Gasteiger partial charge in [-0.1, -0.05) is 11.6 Å². The maximum absolute atomic E-state index is 12.2. The molecule has 3 N–H and O–H groups in total. The highest BCUT2D eigenvalue weighted by Crippen LogP contribution is 2.16. The predicted octanol–water partition coefficient (Wildman–Crippen LogP) is 2.00. The van der Waals surface area contributed by atoms with Crippen LogP contribution in [0.1, 0.15) is 16.8 Å². The van der Waals surface area contributed by atoms with Gasteiger partial charge in [0.25, 0.3) is 5.91 Å². The van der Waals surface area contributed by atoms with E-state index >= 15 is 0 Å². The van der Waals surface area contributed by atoms with Crippen molar-refractivity contribution >= 4 is 35.1 Å². The summed E-state index contributed by atoms with van der Waals surface area (Å²) in [7, 11) is 0. The lowest BCUT2D eigenvalue weighted by atomic mass is 10.1. The van der Waals surface area contributed by atoms with Crippen LogP contribution in [0.4, 0.5) is 11.6 Å².